The molecule has 1 aliphatic heterocycles. The van der Waals surface area contributed by atoms with E-state index < -0.39 is 26.6 Å². The van der Waals surface area contributed by atoms with Gasteiger partial charge in [0.1, 0.15) is 16.5 Å². The maximum absolute atomic E-state index is 13.7. The first-order valence-corrected chi connectivity index (χ1v) is 8.54. The lowest BCUT2D eigenvalue weighted by Crippen LogP contribution is -2.35. The van der Waals surface area contributed by atoms with Crippen LogP contribution in [0.3, 0.4) is 0 Å². The third-order valence-electron chi connectivity index (χ3n) is 2.96. The Hall–Kier alpha value is -0.660. The predicted molar refractivity (Wildman–Crippen MR) is 71.4 cm³/mol. The monoisotopic (exact) mass is 307 g/mol. The van der Waals surface area contributed by atoms with Crippen molar-refractivity contribution in [1.29, 1.82) is 0 Å². The minimum atomic E-state index is -3.89. The minimum absolute atomic E-state index is 0.153. The van der Waals surface area contributed by atoms with Gasteiger partial charge in [0, 0.05) is 18.4 Å². The van der Waals surface area contributed by atoms with E-state index in [0.29, 0.717) is 18.4 Å². The Morgan fingerprint density at radius 1 is 1.42 bits per heavy atom. The van der Waals surface area contributed by atoms with Gasteiger partial charge in [0.05, 0.1) is 5.37 Å². The molecule has 106 valence electrons. The van der Waals surface area contributed by atoms with Crippen molar-refractivity contribution in [3.63, 3.8) is 0 Å². The van der Waals surface area contributed by atoms with Crippen LogP contribution in [0, 0.1) is 11.6 Å². The molecule has 1 fully saturated rings. The standard InChI is InChI=1S/C12H15F2NO2S2/c1-2-3-12-15(6-7-18-12)19(16,17)11-5-4-9(13)8-10(11)14/h4-5,8,12H,2-3,6-7H2,1H3. The van der Waals surface area contributed by atoms with E-state index in [-0.39, 0.29) is 5.37 Å². The molecular weight excluding hydrogens is 292 g/mol. The second-order valence-electron chi connectivity index (χ2n) is 4.30. The molecule has 0 aliphatic carbocycles. The number of benzene rings is 1. The number of rotatable bonds is 4. The van der Waals surface area contributed by atoms with E-state index in [0.717, 1.165) is 25.0 Å². The lowest BCUT2D eigenvalue weighted by atomic mass is 10.3. The molecule has 0 amide bonds. The molecule has 0 bridgehead atoms. The second kappa shape index (κ2) is 5.76. The fourth-order valence-electron chi connectivity index (χ4n) is 2.07. The molecule has 1 aromatic rings. The SMILES string of the molecule is CCCC1SCCN1S(=O)(=O)c1ccc(F)cc1F. The van der Waals surface area contributed by atoms with Crippen LogP contribution in [0.4, 0.5) is 8.78 Å². The maximum Gasteiger partial charge on any atom is 0.247 e. The molecule has 1 aromatic carbocycles. The molecule has 1 unspecified atom stereocenters. The highest BCUT2D eigenvalue weighted by molar-refractivity contribution is 8.01. The molecule has 1 saturated heterocycles. The van der Waals surface area contributed by atoms with Crippen LogP contribution in [-0.4, -0.2) is 30.4 Å². The highest BCUT2D eigenvalue weighted by Gasteiger charge is 2.36. The molecular formula is C12H15F2NO2S2. The van der Waals surface area contributed by atoms with Crippen molar-refractivity contribution < 1.29 is 17.2 Å². The van der Waals surface area contributed by atoms with Crippen molar-refractivity contribution >= 4 is 21.8 Å². The molecule has 7 heteroatoms. The lowest BCUT2D eigenvalue weighted by Gasteiger charge is -2.23. The summed E-state index contributed by atoms with van der Waals surface area (Å²) in [5.41, 5.74) is 0. The van der Waals surface area contributed by atoms with Gasteiger partial charge in [-0.15, -0.1) is 11.8 Å². The molecule has 0 saturated carbocycles. The topological polar surface area (TPSA) is 37.4 Å². The van der Waals surface area contributed by atoms with Crippen molar-refractivity contribution in [3.05, 3.63) is 29.8 Å². The van der Waals surface area contributed by atoms with Crippen molar-refractivity contribution in [2.75, 3.05) is 12.3 Å². The van der Waals surface area contributed by atoms with Gasteiger partial charge in [0.2, 0.25) is 10.0 Å². The average molecular weight is 307 g/mol. The molecule has 1 atom stereocenters. The van der Waals surface area contributed by atoms with E-state index in [4.69, 9.17) is 0 Å². The number of thioether (sulfide) groups is 1. The summed E-state index contributed by atoms with van der Waals surface area (Å²) in [6.07, 6.45) is 1.59. The van der Waals surface area contributed by atoms with Crippen molar-refractivity contribution in [1.82, 2.24) is 4.31 Å². The van der Waals surface area contributed by atoms with Crippen LogP contribution in [-0.2, 0) is 10.0 Å². The van der Waals surface area contributed by atoms with Crippen molar-refractivity contribution in [2.45, 2.75) is 30.0 Å². The number of halogens is 2. The van der Waals surface area contributed by atoms with Gasteiger partial charge in [-0.3, -0.25) is 0 Å². The summed E-state index contributed by atoms with van der Waals surface area (Å²) < 4.78 is 52.6. The largest absolute Gasteiger partial charge is 0.247 e. The zero-order chi connectivity index (χ0) is 14.0. The van der Waals surface area contributed by atoms with Gasteiger partial charge in [-0.05, 0) is 18.6 Å². The summed E-state index contributed by atoms with van der Waals surface area (Å²) in [6, 6.07) is 2.56. The van der Waals surface area contributed by atoms with Crippen LogP contribution < -0.4 is 0 Å². The zero-order valence-electron chi connectivity index (χ0n) is 10.5. The van der Waals surface area contributed by atoms with Crippen LogP contribution >= 0.6 is 11.8 Å². The van der Waals surface area contributed by atoms with Gasteiger partial charge < -0.3 is 0 Å². The number of nitrogens with zero attached hydrogens (tertiary/aromatic N) is 1. The minimum Gasteiger partial charge on any atom is -0.207 e. The van der Waals surface area contributed by atoms with E-state index in [2.05, 4.69) is 0 Å². The summed E-state index contributed by atoms with van der Waals surface area (Å²) in [7, 11) is -3.89. The lowest BCUT2D eigenvalue weighted by molar-refractivity contribution is 0.408. The average Bonchev–Trinajstić information content (AvgIpc) is 2.78. The first kappa shape index (κ1) is 14.7. The van der Waals surface area contributed by atoms with Crippen LogP contribution in [0.5, 0.6) is 0 Å². The Balaban J connectivity index is 2.36. The zero-order valence-corrected chi connectivity index (χ0v) is 12.1. The Morgan fingerprint density at radius 2 is 2.16 bits per heavy atom. The van der Waals surface area contributed by atoms with Gasteiger partial charge in [0.15, 0.2) is 0 Å². The molecule has 0 radical (unpaired) electrons. The second-order valence-corrected chi connectivity index (χ2v) is 7.45. The van der Waals surface area contributed by atoms with E-state index in [1.54, 1.807) is 11.8 Å². The quantitative estimate of drug-likeness (QED) is 0.858. The summed E-state index contributed by atoms with van der Waals surface area (Å²) in [6.45, 7) is 2.34. The van der Waals surface area contributed by atoms with Gasteiger partial charge >= 0.3 is 0 Å². The molecule has 3 nitrogen and oxygen atoms in total. The van der Waals surface area contributed by atoms with Crippen LogP contribution in [0.15, 0.2) is 23.1 Å². The first-order chi connectivity index (χ1) is 8.96. The highest BCUT2D eigenvalue weighted by Crippen LogP contribution is 2.33. The smallest absolute Gasteiger partial charge is 0.207 e. The molecule has 0 spiro atoms. The number of hydrogen-bond acceptors (Lipinski definition) is 3. The summed E-state index contributed by atoms with van der Waals surface area (Å²) in [5, 5.41) is -0.153. The first-order valence-electron chi connectivity index (χ1n) is 6.05. The number of hydrogen-bond donors (Lipinski definition) is 0. The summed E-state index contributed by atoms with van der Waals surface area (Å²) in [5.74, 6) is -1.11. The fraction of sp³-hybridized carbons (Fsp3) is 0.500. The molecule has 19 heavy (non-hydrogen) atoms. The third-order valence-corrected chi connectivity index (χ3v) is 6.33. The van der Waals surface area contributed by atoms with E-state index in [9.17, 15) is 17.2 Å². The molecule has 1 heterocycles. The van der Waals surface area contributed by atoms with Gasteiger partial charge in [-0.25, -0.2) is 17.2 Å². The normalized spacial score (nSPS) is 20.9. The fourth-order valence-corrected chi connectivity index (χ4v) is 5.50. The molecule has 1 aliphatic rings. The predicted octanol–water partition coefficient (Wildman–Crippen LogP) is 2.83. The van der Waals surface area contributed by atoms with Gasteiger partial charge in [0.25, 0.3) is 0 Å². The van der Waals surface area contributed by atoms with Crippen molar-refractivity contribution in [2.24, 2.45) is 0 Å². The molecule has 0 N–H and O–H groups in total. The molecule has 2 rings (SSSR count). The van der Waals surface area contributed by atoms with E-state index >= 15 is 0 Å². The van der Waals surface area contributed by atoms with Crippen LogP contribution in [0.2, 0.25) is 0 Å². The Labute approximate surface area is 116 Å². The van der Waals surface area contributed by atoms with Crippen LogP contribution in [0.1, 0.15) is 19.8 Å². The Kier molecular flexibility index (Phi) is 4.47. The Bertz CT molecular complexity index is 563. The van der Waals surface area contributed by atoms with Crippen molar-refractivity contribution in [3.8, 4) is 0 Å². The summed E-state index contributed by atoms with van der Waals surface area (Å²) in [4.78, 5) is -0.447. The van der Waals surface area contributed by atoms with E-state index in [1.165, 1.54) is 4.31 Å². The van der Waals surface area contributed by atoms with Crippen LogP contribution in [0.25, 0.3) is 0 Å². The summed E-state index contributed by atoms with van der Waals surface area (Å²) >= 11 is 1.56. The highest BCUT2D eigenvalue weighted by atomic mass is 32.2. The maximum atomic E-state index is 13.7. The van der Waals surface area contributed by atoms with Gasteiger partial charge in [-0.1, -0.05) is 13.3 Å². The number of sulfonamides is 1. The molecule has 0 aromatic heterocycles. The third kappa shape index (κ3) is 2.93. The van der Waals surface area contributed by atoms with E-state index in [1.807, 2.05) is 6.92 Å². The Morgan fingerprint density at radius 3 is 2.79 bits per heavy atom. The van der Waals surface area contributed by atoms with Gasteiger partial charge in [-0.2, -0.15) is 4.31 Å².